The van der Waals surface area contributed by atoms with Gasteiger partial charge in [-0.3, -0.25) is 0 Å². The van der Waals surface area contributed by atoms with Crippen molar-refractivity contribution in [2.45, 2.75) is 49.1 Å². The molecule has 0 amide bonds. The van der Waals surface area contributed by atoms with E-state index in [4.69, 9.17) is 4.74 Å². The Morgan fingerprint density at radius 3 is 2.67 bits per heavy atom. The first-order chi connectivity index (χ1) is 5.27. The maximum absolute atomic E-state index is 5.81. The number of unbranched alkanes of at least 4 members (excludes halogenated alkanes) is 1. The summed E-state index contributed by atoms with van der Waals surface area (Å²) in [5, 5.41) is 0. The summed E-state index contributed by atoms with van der Waals surface area (Å²) < 4.78 is 6.13. The third-order valence-corrected chi connectivity index (χ3v) is 4.13. The molecule has 3 heteroatoms. The van der Waals surface area contributed by atoms with Gasteiger partial charge in [-0.25, -0.2) is 0 Å². The van der Waals surface area contributed by atoms with Crippen LogP contribution in [0.1, 0.15) is 45.4 Å². The minimum atomic E-state index is 0. The molecule has 0 spiro atoms. The zero-order valence-electron chi connectivity index (χ0n) is 7.86. The predicted octanol–water partition coefficient (Wildman–Crippen LogP) is 1.42. The van der Waals surface area contributed by atoms with Gasteiger partial charge >= 0.3 is 82.9 Å². The van der Waals surface area contributed by atoms with Gasteiger partial charge in [0.2, 0.25) is 0 Å². The van der Waals surface area contributed by atoms with Crippen LogP contribution in [0.5, 0.6) is 0 Å². The van der Waals surface area contributed by atoms with Crippen LogP contribution in [-0.2, 0) is 4.74 Å². The Labute approximate surface area is 88.5 Å². The first-order valence-electron chi connectivity index (χ1n) is 4.66. The average Bonchev–Trinajstić information content (AvgIpc) is 2.03. The molecule has 0 saturated carbocycles. The van der Waals surface area contributed by atoms with Gasteiger partial charge in [-0.15, -0.1) is 0 Å². The van der Waals surface area contributed by atoms with Crippen molar-refractivity contribution in [3.05, 3.63) is 0 Å². The minimum absolute atomic E-state index is 0. The van der Waals surface area contributed by atoms with Crippen molar-refractivity contribution >= 4 is 22.5 Å². The maximum atomic E-state index is 5.81. The van der Waals surface area contributed by atoms with Crippen LogP contribution in [-0.4, -0.2) is 38.2 Å². The van der Waals surface area contributed by atoms with Gasteiger partial charge in [0.05, 0.1) is 0 Å². The first kappa shape index (κ1) is 12.7. The Morgan fingerprint density at radius 2 is 2.17 bits per heavy atom. The summed E-state index contributed by atoms with van der Waals surface area (Å²) in [5.41, 5.74) is 0. The fraction of sp³-hybridized carbons (Fsp3) is 1.00. The number of hydrogen-bond acceptors (Lipinski definition) is 1. The van der Waals surface area contributed by atoms with Crippen LogP contribution >= 0.6 is 0 Å². The molecule has 2 nitrogen and oxygen atoms in total. The Kier molecular flexibility index (Phi) is 6.59. The normalized spacial score (nSPS) is 29.5. The second kappa shape index (κ2) is 6.21. The van der Waals surface area contributed by atoms with Crippen molar-refractivity contribution < 1.29 is 10.2 Å². The van der Waals surface area contributed by atoms with Crippen LogP contribution in [0.2, 0.25) is 0 Å². The molecule has 1 aliphatic rings. The van der Waals surface area contributed by atoms with Crippen LogP contribution < -0.4 is 0 Å². The van der Waals surface area contributed by atoms with Gasteiger partial charge in [0.15, 0.2) is 0 Å². The Morgan fingerprint density at radius 1 is 1.42 bits per heavy atom. The first-order valence-corrected chi connectivity index (χ1v) is 6.08. The monoisotopic (exact) mass is 279 g/mol. The molecule has 1 saturated heterocycles. The van der Waals surface area contributed by atoms with E-state index >= 15 is 0 Å². The quantitative estimate of drug-likeness (QED) is 0.720. The summed E-state index contributed by atoms with van der Waals surface area (Å²) in [5.74, 6) is 0. The minimum Gasteiger partial charge on any atom is -0.412 e. The number of ether oxygens (including phenoxy) is 1. The van der Waals surface area contributed by atoms with Gasteiger partial charge in [-0.05, 0) is 0 Å². The summed E-state index contributed by atoms with van der Waals surface area (Å²) in [6.07, 6.45) is 7.91. The standard InChI is InChI=1S/C9H17O.H2O.Sn/c1-2-3-6-9-7-4-5-8-10-9;;/h2-8H2,1H3;1H2;. The third-order valence-electron chi connectivity index (χ3n) is 2.29. The second-order valence-corrected chi connectivity index (χ2v) is 6.00. The summed E-state index contributed by atoms with van der Waals surface area (Å²) >= 11 is 1.59. The molecule has 1 aliphatic heterocycles. The predicted molar refractivity (Wildman–Crippen MR) is 51.4 cm³/mol. The SMILES string of the molecule is CCCC[C]1([Sn])CCCCO1.O. The van der Waals surface area contributed by atoms with Gasteiger partial charge in [0.25, 0.3) is 0 Å². The largest absolute Gasteiger partial charge is 0.412 e. The summed E-state index contributed by atoms with van der Waals surface area (Å²) in [4.78, 5) is 0. The van der Waals surface area contributed by atoms with Crippen LogP contribution in [0, 0.1) is 0 Å². The molecule has 1 heterocycles. The molecule has 12 heavy (non-hydrogen) atoms. The molecule has 0 aromatic rings. The molecule has 0 aromatic carbocycles. The molecule has 1 unspecified atom stereocenters. The van der Waals surface area contributed by atoms with Crippen molar-refractivity contribution in [3.8, 4) is 0 Å². The van der Waals surface area contributed by atoms with E-state index in [9.17, 15) is 0 Å². The van der Waals surface area contributed by atoms with Crippen molar-refractivity contribution in [1.29, 1.82) is 0 Å². The van der Waals surface area contributed by atoms with Crippen molar-refractivity contribution in [2.24, 2.45) is 0 Å². The molecule has 3 radical (unpaired) electrons. The molecule has 71 valence electrons. The molecule has 0 aromatic heterocycles. The fourth-order valence-electron chi connectivity index (χ4n) is 1.51. The van der Waals surface area contributed by atoms with E-state index in [0.717, 1.165) is 6.61 Å². The van der Waals surface area contributed by atoms with Gasteiger partial charge in [-0.1, -0.05) is 0 Å². The van der Waals surface area contributed by atoms with Crippen molar-refractivity contribution in [3.63, 3.8) is 0 Å². The van der Waals surface area contributed by atoms with Crippen LogP contribution in [0.3, 0.4) is 0 Å². The van der Waals surface area contributed by atoms with Gasteiger partial charge in [-0.2, -0.15) is 0 Å². The average molecular weight is 278 g/mol. The van der Waals surface area contributed by atoms with E-state index in [2.05, 4.69) is 6.92 Å². The maximum Gasteiger partial charge on any atom is -0.412 e. The summed E-state index contributed by atoms with van der Waals surface area (Å²) in [6, 6.07) is 0. The number of rotatable bonds is 3. The molecular weight excluding hydrogens is 259 g/mol. The molecule has 1 fully saturated rings. The summed E-state index contributed by atoms with van der Waals surface area (Å²) in [6.45, 7) is 3.26. The van der Waals surface area contributed by atoms with E-state index < -0.39 is 0 Å². The fourth-order valence-corrected chi connectivity index (χ4v) is 2.81. The Balaban J connectivity index is 0.00000121. The van der Waals surface area contributed by atoms with Gasteiger partial charge < -0.3 is 5.48 Å². The third kappa shape index (κ3) is 4.10. The number of hydrogen-bond donors (Lipinski definition) is 0. The Hall–Kier alpha value is 0.719. The molecular formula is C9H19O2Sn. The zero-order chi connectivity index (χ0) is 8.16. The Bertz CT molecular complexity index is 111. The zero-order valence-corrected chi connectivity index (χ0v) is 10.7. The molecule has 1 rings (SSSR count). The van der Waals surface area contributed by atoms with E-state index in [1.807, 2.05) is 0 Å². The van der Waals surface area contributed by atoms with Gasteiger partial charge in [0.1, 0.15) is 0 Å². The molecule has 0 aliphatic carbocycles. The molecule has 1 atom stereocenters. The van der Waals surface area contributed by atoms with Gasteiger partial charge in [0, 0.05) is 0 Å². The van der Waals surface area contributed by atoms with Crippen LogP contribution in [0.25, 0.3) is 0 Å². The smallest absolute Gasteiger partial charge is 0.412 e. The van der Waals surface area contributed by atoms with E-state index in [0.29, 0.717) is 3.62 Å². The van der Waals surface area contributed by atoms with Crippen LogP contribution in [0.15, 0.2) is 0 Å². The van der Waals surface area contributed by atoms with E-state index in [1.54, 1.807) is 22.5 Å². The second-order valence-electron chi connectivity index (χ2n) is 3.40. The topological polar surface area (TPSA) is 40.7 Å². The van der Waals surface area contributed by atoms with Crippen LogP contribution in [0.4, 0.5) is 0 Å². The summed E-state index contributed by atoms with van der Waals surface area (Å²) in [7, 11) is 0. The molecule has 2 N–H and O–H groups in total. The van der Waals surface area contributed by atoms with E-state index in [-0.39, 0.29) is 5.48 Å². The van der Waals surface area contributed by atoms with Crippen molar-refractivity contribution in [2.75, 3.05) is 6.61 Å². The van der Waals surface area contributed by atoms with Crippen molar-refractivity contribution in [1.82, 2.24) is 0 Å². The molecule has 0 bridgehead atoms. The van der Waals surface area contributed by atoms with E-state index in [1.165, 1.54) is 38.5 Å².